The maximum atomic E-state index is 13.5. The molecule has 1 amide bonds. The van der Waals surface area contributed by atoms with E-state index < -0.39 is 17.2 Å². The van der Waals surface area contributed by atoms with Crippen molar-refractivity contribution in [2.45, 2.75) is 19.3 Å². The predicted molar refractivity (Wildman–Crippen MR) is 136 cm³/mol. The van der Waals surface area contributed by atoms with Gasteiger partial charge in [0.1, 0.15) is 17.4 Å². The molecule has 1 fully saturated rings. The minimum atomic E-state index is -0.557. The van der Waals surface area contributed by atoms with E-state index in [0.717, 1.165) is 37.0 Å². The second-order valence-electron chi connectivity index (χ2n) is 8.69. The van der Waals surface area contributed by atoms with Crippen LogP contribution in [0.2, 0.25) is 0 Å². The van der Waals surface area contributed by atoms with Crippen LogP contribution in [-0.2, 0) is 0 Å². The number of hydrogen-bond donors (Lipinski definition) is 1. The Hall–Kier alpha value is -4.53. The SMILES string of the molecule is O=C(c1cccc(Nc2c(Oc3ccc(F)cc3)cnn(-c3ccc(F)cc3)c2=O)c1)N1CCCCC1. The molecule has 0 spiro atoms. The van der Waals surface area contributed by atoms with Gasteiger partial charge in [0.25, 0.3) is 11.5 Å². The second-order valence-corrected chi connectivity index (χ2v) is 8.69. The monoisotopic (exact) mass is 502 g/mol. The van der Waals surface area contributed by atoms with Crippen LogP contribution in [0.25, 0.3) is 5.69 Å². The van der Waals surface area contributed by atoms with E-state index in [4.69, 9.17) is 4.74 Å². The minimum Gasteiger partial charge on any atom is -0.453 e. The molecular weight excluding hydrogens is 478 g/mol. The molecule has 0 atom stereocenters. The fourth-order valence-electron chi connectivity index (χ4n) is 4.18. The van der Waals surface area contributed by atoms with E-state index in [1.807, 2.05) is 4.90 Å². The first-order valence-electron chi connectivity index (χ1n) is 12.0. The molecule has 7 nitrogen and oxygen atoms in total. The van der Waals surface area contributed by atoms with Crippen molar-refractivity contribution in [1.29, 1.82) is 0 Å². The summed E-state index contributed by atoms with van der Waals surface area (Å²) in [5.74, 6) is -0.529. The van der Waals surface area contributed by atoms with E-state index in [1.165, 1.54) is 54.7 Å². The van der Waals surface area contributed by atoms with Crippen molar-refractivity contribution in [2.75, 3.05) is 18.4 Å². The van der Waals surface area contributed by atoms with Crippen LogP contribution in [0.1, 0.15) is 29.6 Å². The van der Waals surface area contributed by atoms with Gasteiger partial charge < -0.3 is 15.0 Å². The van der Waals surface area contributed by atoms with Crippen molar-refractivity contribution in [3.63, 3.8) is 0 Å². The number of carbonyl (C=O) groups excluding carboxylic acids is 1. The highest BCUT2D eigenvalue weighted by molar-refractivity contribution is 5.95. The first-order chi connectivity index (χ1) is 18.0. The number of hydrogen-bond acceptors (Lipinski definition) is 5. The topological polar surface area (TPSA) is 76.5 Å². The lowest BCUT2D eigenvalue weighted by Gasteiger charge is -2.26. The summed E-state index contributed by atoms with van der Waals surface area (Å²) < 4.78 is 33.8. The molecule has 1 aromatic heterocycles. The molecule has 0 radical (unpaired) electrons. The van der Waals surface area contributed by atoms with Crippen LogP contribution in [0.3, 0.4) is 0 Å². The third-order valence-corrected chi connectivity index (χ3v) is 6.08. The number of aromatic nitrogens is 2. The molecule has 0 unspecified atom stereocenters. The van der Waals surface area contributed by atoms with Crippen LogP contribution < -0.4 is 15.6 Å². The van der Waals surface area contributed by atoms with Gasteiger partial charge in [-0.3, -0.25) is 9.59 Å². The molecule has 0 aliphatic carbocycles. The number of carbonyl (C=O) groups is 1. The number of likely N-dealkylation sites (tertiary alicyclic amines) is 1. The van der Waals surface area contributed by atoms with Gasteiger partial charge in [0.15, 0.2) is 11.4 Å². The Kier molecular flexibility index (Phi) is 6.93. The number of ether oxygens (including phenoxy) is 1. The number of nitrogens with zero attached hydrogens (tertiary/aromatic N) is 3. The lowest BCUT2D eigenvalue weighted by Crippen LogP contribution is -2.35. The van der Waals surface area contributed by atoms with E-state index in [1.54, 1.807) is 24.3 Å². The normalized spacial score (nSPS) is 13.3. The number of halogens is 2. The zero-order valence-corrected chi connectivity index (χ0v) is 19.9. The highest BCUT2D eigenvalue weighted by Gasteiger charge is 2.20. The minimum absolute atomic E-state index is 0.0474. The van der Waals surface area contributed by atoms with Gasteiger partial charge in [0.05, 0.1) is 11.9 Å². The Labute approximate surface area is 211 Å². The van der Waals surface area contributed by atoms with Crippen molar-refractivity contribution >= 4 is 17.3 Å². The molecule has 37 heavy (non-hydrogen) atoms. The van der Waals surface area contributed by atoms with Crippen molar-refractivity contribution in [1.82, 2.24) is 14.7 Å². The van der Waals surface area contributed by atoms with Gasteiger partial charge in [0, 0.05) is 24.3 Å². The Morgan fingerprint density at radius 2 is 1.57 bits per heavy atom. The molecule has 3 aromatic carbocycles. The average Bonchev–Trinajstić information content (AvgIpc) is 2.93. The molecule has 5 rings (SSSR count). The smallest absolute Gasteiger partial charge is 0.299 e. The maximum Gasteiger partial charge on any atom is 0.299 e. The third-order valence-electron chi connectivity index (χ3n) is 6.08. The number of piperidine rings is 1. The number of benzene rings is 3. The Morgan fingerprint density at radius 3 is 2.27 bits per heavy atom. The van der Waals surface area contributed by atoms with Crippen molar-refractivity contribution < 1.29 is 18.3 Å². The fraction of sp³-hybridized carbons (Fsp3) is 0.179. The average molecular weight is 503 g/mol. The van der Waals surface area contributed by atoms with Gasteiger partial charge in [-0.15, -0.1) is 0 Å². The standard InChI is InChI=1S/C28H24F2N4O3/c29-20-7-11-23(12-8-20)34-28(36)26(25(18-31-34)37-24-13-9-21(30)10-14-24)32-22-6-4-5-19(17-22)27(35)33-15-2-1-3-16-33/h4-14,17-18,32H,1-3,15-16H2. The molecule has 1 aliphatic heterocycles. The molecule has 1 saturated heterocycles. The first kappa shape index (κ1) is 24.2. The van der Waals surface area contributed by atoms with Gasteiger partial charge in [-0.25, -0.2) is 8.78 Å². The summed E-state index contributed by atoms with van der Waals surface area (Å²) in [5, 5.41) is 7.26. The Morgan fingerprint density at radius 1 is 0.892 bits per heavy atom. The fourth-order valence-corrected chi connectivity index (χ4v) is 4.18. The van der Waals surface area contributed by atoms with Crippen LogP contribution >= 0.6 is 0 Å². The van der Waals surface area contributed by atoms with E-state index >= 15 is 0 Å². The maximum absolute atomic E-state index is 13.5. The lowest BCUT2D eigenvalue weighted by molar-refractivity contribution is 0.0724. The quantitative estimate of drug-likeness (QED) is 0.368. The van der Waals surface area contributed by atoms with Crippen LogP contribution in [0.4, 0.5) is 20.2 Å². The van der Waals surface area contributed by atoms with Crippen molar-refractivity contribution in [3.05, 3.63) is 107 Å². The predicted octanol–water partition coefficient (Wildman–Crippen LogP) is 5.67. The van der Waals surface area contributed by atoms with Crippen molar-refractivity contribution in [2.24, 2.45) is 0 Å². The summed E-state index contributed by atoms with van der Waals surface area (Å²) in [5.41, 5.74) is 0.851. The largest absolute Gasteiger partial charge is 0.453 e. The Balaban J connectivity index is 1.51. The molecule has 2 heterocycles. The molecule has 0 bridgehead atoms. The number of anilines is 2. The van der Waals surface area contributed by atoms with E-state index in [9.17, 15) is 18.4 Å². The molecule has 4 aromatic rings. The van der Waals surface area contributed by atoms with Crippen LogP contribution in [0, 0.1) is 11.6 Å². The van der Waals surface area contributed by atoms with Crippen LogP contribution in [0.5, 0.6) is 11.5 Å². The summed E-state index contributed by atoms with van der Waals surface area (Å²) in [6.07, 6.45) is 4.42. The number of nitrogens with one attached hydrogen (secondary N) is 1. The molecule has 9 heteroatoms. The van der Waals surface area contributed by atoms with Gasteiger partial charge in [-0.1, -0.05) is 6.07 Å². The lowest BCUT2D eigenvalue weighted by atomic mass is 10.1. The highest BCUT2D eigenvalue weighted by atomic mass is 19.1. The summed E-state index contributed by atoms with van der Waals surface area (Å²) in [6, 6.07) is 17.6. The number of rotatable bonds is 6. The van der Waals surface area contributed by atoms with Crippen LogP contribution in [-0.4, -0.2) is 33.7 Å². The summed E-state index contributed by atoms with van der Waals surface area (Å²) in [6.45, 7) is 1.44. The highest BCUT2D eigenvalue weighted by Crippen LogP contribution is 2.29. The van der Waals surface area contributed by atoms with Gasteiger partial charge in [0.2, 0.25) is 0 Å². The zero-order chi connectivity index (χ0) is 25.8. The van der Waals surface area contributed by atoms with Gasteiger partial charge in [-0.05, 0) is 86.0 Å². The number of amides is 1. The first-order valence-corrected chi connectivity index (χ1v) is 12.0. The Bertz CT molecular complexity index is 1460. The summed E-state index contributed by atoms with van der Waals surface area (Å²) in [4.78, 5) is 28.4. The van der Waals surface area contributed by atoms with E-state index in [0.29, 0.717) is 22.7 Å². The van der Waals surface area contributed by atoms with E-state index in [2.05, 4.69) is 10.4 Å². The van der Waals surface area contributed by atoms with Crippen molar-refractivity contribution in [3.8, 4) is 17.2 Å². The molecule has 1 N–H and O–H groups in total. The molecular formula is C28H24F2N4O3. The molecule has 188 valence electrons. The zero-order valence-electron chi connectivity index (χ0n) is 19.9. The summed E-state index contributed by atoms with van der Waals surface area (Å²) in [7, 11) is 0. The van der Waals surface area contributed by atoms with Gasteiger partial charge in [-0.2, -0.15) is 9.78 Å². The van der Waals surface area contributed by atoms with E-state index in [-0.39, 0.29) is 17.3 Å². The molecule has 1 aliphatic rings. The second kappa shape index (κ2) is 10.6. The molecule has 0 saturated carbocycles. The van der Waals surface area contributed by atoms with Crippen LogP contribution in [0.15, 0.2) is 83.8 Å². The summed E-state index contributed by atoms with van der Waals surface area (Å²) >= 11 is 0. The third kappa shape index (κ3) is 5.50. The van der Waals surface area contributed by atoms with Gasteiger partial charge >= 0.3 is 0 Å².